The van der Waals surface area contributed by atoms with Crippen molar-refractivity contribution < 1.29 is 0 Å². The summed E-state index contributed by atoms with van der Waals surface area (Å²) in [5.41, 5.74) is 0. The van der Waals surface area contributed by atoms with Gasteiger partial charge in [-0.3, -0.25) is 0 Å². The van der Waals surface area contributed by atoms with Gasteiger partial charge in [0.05, 0.1) is 0 Å². The van der Waals surface area contributed by atoms with Gasteiger partial charge in [0.1, 0.15) is 10.1 Å². The SMILES string of the molecule is Clc1ccc(Sc2ccc(Br)cn2)nn1. The number of aromatic nitrogens is 3. The van der Waals surface area contributed by atoms with Gasteiger partial charge in [0.2, 0.25) is 0 Å². The first kappa shape index (κ1) is 10.9. The summed E-state index contributed by atoms with van der Waals surface area (Å²) in [4.78, 5) is 4.21. The molecule has 0 unspecified atom stereocenters. The summed E-state index contributed by atoms with van der Waals surface area (Å²) in [5, 5.41) is 9.71. The average molecular weight is 303 g/mol. The largest absolute Gasteiger partial charge is 0.248 e. The van der Waals surface area contributed by atoms with Crippen LogP contribution in [-0.4, -0.2) is 15.2 Å². The number of nitrogens with zero attached hydrogens (tertiary/aromatic N) is 3. The van der Waals surface area contributed by atoms with Gasteiger partial charge in [0.25, 0.3) is 0 Å². The molecule has 3 nitrogen and oxygen atoms in total. The van der Waals surface area contributed by atoms with Crippen LogP contribution in [0.2, 0.25) is 5.15 Å². The van der Waals surface area contributed by atoms with Crippen molar-refractivity contribution in [3.8, 4) is 0 Å². The number of hydrogen-bond donors (Lipinski definition) is 0. The van der Waals surface area contributed by atoms with Gasteiger partial charge in [-0.15, -0.1) is 10.2 Å². The molecule has 2 aromatic heterocycles. The molecule has 0 atom stereocenters. The Morgan fingerprint density at radius 3 is 2.47 bits per heavy atom. The smallest absolute Gasteiger partial charge is 0.151 e. The van der Waals surface area contributed by atoms with Crippen LogP contribution in [0.4, 0.5) is 0 Å². The van der Waals surface area contributed by atoms with Crippen molar-refractivity contribution in [2.24, 2.45) is 0 Å². The lowest BCUT2D eigenvalue weighted by molar-refractivity contribution is 0.927. The highest BCUT2D eigenvalue weighted by Gasteiger charge is 2.00. The zero-order valence-corrected chi connectivity index (χ0v) is 10.6. The summed E-state index contributed by atoms with van der Waals surface area (Å²) >= 11 is 10.4. The number of halogens is 2. The second-order valence-corrected chi connectivity index (χ2v) is 4.95. The second-order valence-electron chi connectivity index (χ2n) is 2.61. The van der Waals surface area contributed by atoms with Crippen molar-refractivity contribution in [2.45, 2.75) is 10.1 Å². The molecule has 0 N–H and O–H groups in total. The molecule has 76 valence electrons. The molecule has 0 aromatic carbocycles. The molecule has 0 bridgehead atoms. The third kappa shape index (κ3) is 3.15. The number of hydrogen-bond acceptors (Lipinski definition) is 4. The average Bonchev–Trinajstić information content (AvgIpc) is 2.25. The summed E-state index contributed by atoms with van der Waals surface area (Å²) in [5.74, 6) is 0. The summed E-state index contributed by atoms with van der Waals surface area (Å²) in [6, 6.07) is 7.35. The van der Waals surface area contributed by atoms with Crippen molar-refractivity contribution in [1.82, 2.24) is 15.2 Å². The summed E-state index contributed by atoms with van der Waals surface area (Å²) in [7, 11) is 0. The maximum Gasteiger partial charge on any atom is 0.151 e. The quantitative estimate of drug-likeness (QED) is 0.852. The molecule has 0 saturated carbocycles. The van der Waals surface area contributed by atoms with Crippen LogP contribution in [0.25, 0.3) is 0 Å². The number of rotatable bonds is 2. The number of pyridine rings is 1. The summed E-state index contributed by atoms with van der Waals surface area (Å²) in [6.45, 7) is 0. The van der Waals surface area contributed by atoms with E-state index in [4.69, 9.17) is 11.6 Å². The fraction of sp³-hybridized carbons (Fsp3) is 0. The van der Waals surface area contributed by atoms with Crippen molar-refractivity contribution in [2.75, 3.05) is 0 Å². The van der Waals surface area contributed by atoms with Gasteiger partial charge >= 0.3 is 0 Å². The standard InChI is InChI=1S/C9H5BrClN3S/c10-6-1-3-8(12-5-6)15-9-4-2-7(11)13-14-9/h1-5H. The molecule has 6 heteroatoms. The van der Waals surface area contributed by atoms with E-state index in [9.17, 15) is 0 Å². The molecule has 0 saturated heterocycles. The Bertz CT molecular complexity index is 402. The molecule has 0 spiro atoms. The van der Waals surface area contributed by atoms with Gasteiger partial charge in [0, 0.05) is 10.7 Å². The predicted octanol–water partition coefficient (Wildman–Crippen LogP) is 3.44. The summed E-state index contributed by atoms with van der Waals surface area (Å²) < 4.78 is 0.953. The summed E-state index contributed by atoms with van der Waals surface area (Å²) in [6.07, 6.45) is 1.74. The Morgan fingerprint density at radius 2 is 1.87 bits per heavy atom. The van der Waals surface area contributed by atoms with Gasteiger partial charge in [0.15, 0.2) is 5.15 Å². The molecular weight excluding hydrogens is 298 g/mol. The molecule has 2 heterocycles. The maximum absolute atomic E-state index is 5.63. The molecule has 15 heavy (non-hydrogen) atoms. The lowest BCUT2D eigenvalue weighted by Crippen LogP contribution is -1.85. The fourth-order valence-corrected chi connectivity index (χ4v) is 1.90. The van der Waals surface area contributed by atoms with E-state index in [2.05, 4.69) is 31.1 Å². The van der Waals surface area contributed by atoms with Crippen LogP contribution in [-0.2, 0) is 0 Å². The van der Waals surface area contributed by atoms with Gasteiger partial charge in [-0.05, 0) is 52.0 Å². The molecule has 0 aliphatic carbocycles. The van der Waals surface area contributed by atoms with Crippen LogP contribution >= 0.6 is 39.3 Å². The first-order valence-corrected chi connectivity index (χ1v) is 6.01. The zero-order chi connectivity index (χ0) is 10.7. The van der Waals surface area contributed by atoms with Crippen LogP contribution in [0.3, 0.4) is 0 Å². The molecule has 0 fully saturated rings. The van der Waals surface area contributed by atoms with Crippen molar-refractivity contribution >= 4 is 39.3 Å². The van der Waals surface area contributed by atoms with E-state index in [-0.39, 0.29) is 0 Å². The van der Waals surface area contributed by atoms with E-state index in [0.717, 1.165) is 14.5 Å². The van der Waals surface area contributed by atoms with Crippen LogP contribution in [0.5, 0.6) is 0 Å². The minimum atomic E-state index is 0.392. The molecule has 0 aliphatic rings. The van der Waals surface area contributed by atoms with Gasteiger partial charge < -0.3 is 0 Å². The van der Waals surface area contributed by atoms with E-state index in [0.29, 0.717) is 5.15 Å². The van der Waals surface area contributed by atoms with Crippen LogP contribution in [0.1, 0.15) is 0 Å². The Hall–Kier alpha value is -0.650. The molecule has 0 aliphatic heterocycles. The first-order chi connectivity index (χ1) is 7.24. The normalized spacial score (nSPS) is 10.3. The van der Waals surface area contributed by atoms with Gasteiger partial charge in [-0.2, -0.15) is 0 Å². The fourth-order valence-electron chi connectivity index (χ4n) is 0.888. The minimum absolute atomic E-state index is 0.392. The Labute approximate surface area is 104 Å². The first-order valence-electron chi connectivity index (χ1n) is 4.03. The Kier molecular flexibility index (Phi) is 3.56. The molecular formula is C9H5BrClN3S. The van der Waals surface area contributed by atoms with Crippen LogP contribution < -0.4 is 0 Å². The van der Waals surface area contributed by atoms with E-state index in [1.165, 1.54) is 11.8 Å². The maximum atomic E-state index is 5.63. The van der Waals surface area contributed by atoms with Gasteiger partial charge in [-0.1, -0.05) is 11.6 Å². The van der Waals surface area contributed by atoms with Gasteiger partial charge in [-0.25, -0.2) is 4.98 Å². The highest BCUT2D eigenvalue weighted by molar-refractivity contribution is 9.10. The molecule has 2 aromatic rings. The van der Waals surface area contributed by atoms with Crippen LogP contribution in [0, 0.1) is 0 Å². The van der Waals surface area contributed by atoms with E-state index < -0.39 is 0 Å². The highest BCUT2D eigenvalue weighted by Crippen LogP contribution is 2.24. The van der Waals surface area contributed by atoms with Crippen LogP contribution in [0.15, 0.2) is 45.0 Å². The second kappa shape index (κ2) is 4.92. The minimum Gasteiger partial charge on any atom is -0.248 e. The Morgan fingerprint density at radius 1 is 1.07 bits per heavy atom. The van der Waals surface area contributed by atoms with E-state index in [1.54, 1.807) is 12.3 Å². The predicted molar refractivity (Wildman–Crippen MR) is 63.1 cm³/mol. The van der Waals surface area contributed by atoms with E-state index >= 15 is 0 Å². The topological polar surface area (TPSA) is 38.7 Å². The Balaban J connectivity index is 2.15. The lowest BCUT2D eigenvalue weighted by atomic mass is 10.5. The van der Waals surface area contributed by atoms with Crippen molar-refractivity contribution in [3.05, 3.63) is 40.1 Å². The molecule has 0 radical (unpaired) electrons. The van der Waals surface area contributed by atoms with Crippen molar-refractivity contribution in [3.63, 3.8) is 0 Å². The molecule has 0 amide bonds. The molecule has 2 rings (SSSR count). The third-order valence-corrected chi connectivity index (χ3v) is 3.07. The highest BCUT2D eigenvalue weighted by atomic mass is 79.9. The third-order valence-electron chi connectivity index (χ3n) is 1.52. The van der Waals surface area contributed by atoms with E-state index in [1.807, 2.05) is 18.2 Å². The monoisotopic (exact) mass is 301 g/mol. The van der Waals surface area contributed by atoms with Crippen molar-refractivity contribution in [1.29, 1.82) is 0 Å². The lowest BCUT2D eigenvalue weighted by Gasteiger charge is -1.98. The zero-order valence-electron chi connectivity index (χ0n) is 7.39.